The summed E-state index contributed by atoms with van der Waals surface area (Å²) in [5.74, 6) is -0.0889. The van der Waals surface area contributed by atoms with Crippen LogP contribution in [0.1, 0.15) is 11.1 Å². The van der Waals surface area contributed by atoms with Gasteiger partial charge in [-0.25, -0.2) is 0 Å². The Balaban J connectivity index is 2.29. The van der Waals surface area contributed by atoms with Crippen LogP contribution in [-0.4, -0.2) is 16.2 Å². The summed E-state index contributed by atoms with van der Waals surface area (Å²) >= 11 is 0. The highest BCUT2D eigenvalue weighted by molar-refractivity contribution is 5.83. The SMILES string of the molecule is Cc1ccc(/C=N/c2cc([N+](=O)[O-])ccc2O)cc1. The van der Waals surface area contributed by atoms with Crippen LogP contribution in [0.5, 0.6) is 5.75 Å². The van der Waals surface area contributed by atoms with Crippen LogP contribution in [-0.2, 0) is 0 Å². The number of nitro benzene ring substituents is 1. The molecule has 0 heterocycles. The molecule has 0 saturated carbocycles. The van der Waals surface area contributed by atoms with Crippen LogP contribution in [0.4, 0.5) is 11.4 Å². The fourth-order valence-corrected chi connectivity index (χ4v) is 1.53. The summed E-state index contributed by atoms with van der Waals surface area (Å²) in [6.45, 7) is 1.98. The zero-order valence-electron chi connectivity index (χ0n) is 10.3. The molecule has 96 valence electrons. The quantitative estimate of drug-likeness (QED) is 0.519. The first-order valence-electron chi connectivity index (χ1n) is 5.64. The van der Waals surface area contributed by atoms with Crippen molar-refractivity contribution in [2.75, 3.05) is 0 Å². The number of nitrogens with zero attached hydrogens (tertiary/aromatic N) is 2. The molecule has 0 bridgehead atoms. The maximum absolute atomic E-state index is 10.6. The lowest BCUT2D eigenvalue weighted by atomic mass is 10.2. The molecule has 0 unspecified atom stereocenters. The van der Waals surface area contributed by atoms with E-state index in [-0.39, 0.29) is 17.1 Å². The molecule has 0 aliphatic rings. The molecule has 2 aromatic carbocycles. The van der Waals surface area contributed by atoms with E-state index in [0.717, 1.165) is 11.1 Å². The number of aromatic hydroxyl groups is 1. The fourth-order valence-electron chi connectivity index (χ4n) is 1.53. The Morgan fingerprint density at radius 1 is 1.21 bits per heavy atom. The average molecular weight is 256 g/mol. The van der Waals surface area contributed by atoms with Crippen molar-refractivity contribution < 1.29 is 10.0 Å². The maximum atomic E-state index is 10.6. The van der Waals surface area contributed by atoms with Gasteiger partial charge in [0.15, 0.2) is 0 Å². The summed E-state index contributed by atoms with van der Waals surface area (Å²) < 4.78 is 0. The molecular formula is C14H12N2O3. The standard InChI is InChI=1S/C14H12N2O3/c1-10-2-4-11(5-3-10)9-15-13-8-12(16(18)19)6-7-14(13)17/h2-9,17H,1H3/b15-9+. The second kappa shape index (κ2) is 5.30. The van der Waals surface area contributed by atoms with Gasteiger partial charge in [-0.2, -0.15) is 0 Å². The Kier molecular flexibility index (Phi) is 3.56. The minimum atomic E-state index is -0.523. The predicted octanol–water partition coefficient (Wildman–Crippen LogP) is 3.36. The van der Waals surface area contributed by atoms with Gasteiger partial charge < -0.3 is 5.11 Å². The maximum Gasteiger partial charge on any atom is 0.271 e. The van der Waals surface area contributed by atoms with Crippen LogP contribution in [0.25, 0.3) is 0 Å². The zero-order chi connectivity index (χ0) is 13.8. The van der Waals surface area contributed by atoms with Crippen molar-refractivity contribution in [2.45, 2.75) is 6.92 Å². The van der Waals surface area contributed by atoms with E-state index >= 15 is 0 Å². The van der Waals surface area contributed by atoms with Gasteiger partial charge in [0, 0.05) is 18.3 Å². The average Bonchev–Trinajstić information content (AvgIpc) is 2.39. The first-order chi connectivity index (χ1) is 9.06. The molecule has 0 spiro atoms. The summed E-state index contributed by atoms with van der Waals surface area (Å²) in [6.07, 6.45) is 1.55. The number of phenols is 1. The third-order valence-electron chi connectivity index (χ3n) is 2.60. The molecule has 19 heavy (non-hydrogen) atoms. The normalized spacial score (nSPS) is 10.8. The highest BCUT2D eigenvalue weighted by atomic mass is 16.6. The Morgan fingerprint density at radius 2 is 1.89 bits per heavy atom. The second-order valence-electron chi connectivity index (χ2n) is 4.10. The Morgan fingerprint density at radius 3 is 2.53 bits per heavy atom. The molecule has 0 aromatic heterocycles. The van der Waals surface area contributed by atoms with E-state index in [9.17, 15) is 15.2 Å². The molecule has 0 saturated heterocycles. The topological polar surface area (TPSA) is 75.7 Å². The van der Waals surface area contributed by atoms with Gasteiger partial charge in [-0.05, 0) is 18.6 Å². The third-order valence-corrected chi connectivity index (χ3v) is 2.60. The highest BCUT2D eigenvalue weighted by Crippen LogP contribution is 2.30. The van der Waals surface area contributed by atoms with Crippen LogP contribution in [0, 0.1) is 17.0 Å². The highest BCUT2D eigenvalue weighted by Gasteiger charge is 2.08. The minimum absolute atomic E-state index is 0.0889. The van der Waals surface area contributed by atoms with Gasteiger partial charge in [0.05, 0.1) is 4.92 Å². The van der Waals surface area contributed by atoms with E-state index in [2.05, 4.69) is 4.99 Å². The summed E-state index contributed by atoms with van der Waals surface area (Å²) in [5.41, 5.74) is 2.07. The van der Waals surface area contributed by atoms with Crippen molar-refractivity contribution in [2.24, 2.45) is 4.99 Å². The van der Waals surface area contributed by atoms with Crippen molar-refractivity contribution in [1.82, 2.24) is 0 Å². The van der Waals surface area contributed by atoms with Gasteiger partial charge in [-0.3, -0.25) is 15.1 Å². The van der Waals surface area contributed by atoms with Crippen LogP contribution >= 0.6 is 0 Å². The van der Waals surface area contributed by atoms with E-state index in [1.165, 1.54) is 18.2 Å². The number of benzene rings is 2. The molecule has 0 fully saturated rings. The van der Waals surface area contributed by atoms with Crippen molar-refractivity contribution in [3.05, 3.63) is 63.7 Å². The number of hydrogen-bond donors (Lipinski definition) is 1. The summed E-state index contributed by atoms with van der Waals surface area (Å²) in [7, 11) is 0. The number of nitro groups is 1. The molecule has 0 amide bonds. The molecule has 2 rings (SSSR count). The molecule has 0 radical (unpaired) electrons. The number of aryl methyl sites for hydroxylation is 1. The van der Waals surface area contributed by atoms with Crippen molar-refractivity contribution in [3.63, 3.8) is 0 Å². The number of rotatable bonds is 3. The molecule has 1 N–H and O–H groups in total. The Bertz CT molecular complexity index is 634. The molecule has 2 aromatic rings. The monoisotopic (exact) mass is 256 g/mol. The van der Waals surface area contributed by atoms with E-state index in [4.69, 9.17) is 0 Å². The molecular weight excluding hydrogens is 244 g/mol. The summed E-state index contributed by atoms with van der Waals surface area (Å²) in [4.78, 5) is 14.2. The lowest BCUT2D eigenvalue weighted by Crippen LogP contribution is -1.87. The number of phenolic OH excluding ortho intramolecular Hbond substituents is 1. The summed E-state index contributed by atoms with van der Waals surface area (Å²) in [6, 6.07) is 11.4. The first-order valence-corrected chi connectivity index (χ1v) is 5.64. The van der Waals surface area contributed by atoms with Crippen LogP contribution in [0.3, 0.4) is 0 Å². The lowest BCUT2D eigenvalue weighted by Gasteiger charge is -1.99. The van der Waals surface area contributed by atoms with Crippen LogP contribution in [0.15, 0.2) is 47.5 Å². The first kappa shape index (κ1) is 12.8. The Hall–Kier alpha value is -2.69. The van der Waals surface area contributed by atoms with Gasteiger partial charge in [0.1, 0.15) is 11.4 Å². The van der Waals surface area contributed by atoms with E-state index in [1.807, 2.05) is 31.2 Å². The smallest absolute Gasteiger partial charge is 0.271 e. The lowest BCUT2D eigenvalue weighted by molar-refractivity contribution is -0.384. The van der Waals surface area contributed by atoms with E-state index in [1.54, 1.807) is 6.21 Å². The van der Waals surface area contributed by atoms with E-state index in [0.29, 0.717) is 0 Å². The van der Waals surface area contributed by atoms with Crippen molar-refractivity contribution in [3.8, 4) is 5.75 Å². The van der Waals surface area contributed by atoms with Crippen LogP contribution < -0.4 is 0 Å². The molecule has 0 aliphatic heterocycles. The minimum Gasteiger partial charge on any atom is -0.506 e. The van der Waals surface area contributed by atoms with Gasteiger partial charge >= 0.3 is 0 Å². The molecule has 5 nitrogen and oxygen atoms in total. The van der Waals surface area contributed by atoms with E-state index < -0.39 is 4.92 Å². The van der Waals surface area contributed by atoms with Crippen molar-refractivity contribution in [1.29, 1.82) is 0 Å². The number of hydrogen-bond acceptors (Lipinski definition) is 4. The van der Waals surface area contributed by atoms with Gasteiger partial charge in [-0.1, -0.05) is 29.8 Å². The zero-order valence-corrected chi connectivity index (χ0v) is 10.3. The van der Waals surface area contributed by atoms with Gasteiger partial charge in [-0.15, -0.1) is 0 Å². The van der Waals surface area contributed by atoms with Gasteiger partial charge in [0.25, 0.3) is 5.69 Å². The Labute approximate surface area is 110 Å². The molecule has 5 heteroatoms. The molecule has 0 atom stereocenters. The number of aliphatic imine (C=N–C) groups is 1. The fraction of sp³-hybridized carbons (Fsp3) is 0.0714. The number of non-ortho nitro benzene ring substituents is 1. The van der Waals surface area contributed by atoms with Crippen LogP contribution in [0.2, 0.25) is 0 Å². The predicted molar refractivity (Wildman–Crippen MR) is 73.2 cm³/mol. The van der Waals surface area contributed by atoms with Gasteiger partial charge in [0.2, 0.25) is 0 Å². The summed E-state index contributed by atoms with van der Waals surface area (Å²) in [5, 5.41) is 20.3. The molecule has 0 aliphatic carbocycles. The largest absolute Gasteiger partial charge is 0.506 e. The third kappa shape index (κ3) is 3.16. The van der Waals surface area contributed by atoms with Crippen molar-refractivity contribution >= 4 is 17.6 Å². The second-order valence-corrected chi connectivity index (χ2v) is 4.10.